The highest BCUT2D eigenvalue weighted by Crippen LogP contribution is 2.25. The topological polar surface area (TPSA) is 51.2 Å². The Hall–Kier alpha value is -1.62. The van der Waals surface area contributed by atoms with E-state index in [0.29, 0.717) is 0 Å². The van der Waals surface area contributed by atoms with Crippen LogP contribution in [0, 0.1) is 5.92 Å². The van der Waals surface area contributed by atoms with Gasteiger partial charge in [0.25, 0.3) is 0 Å². The third-order valence-electron chi connectivity index (χ3n) is 3.38. The number of carbonyl (C=O) groups is 1. The number of nitrogens with one attached hydrogen (secondary N) is 1. The Balaban J connectivity index is 2.28. The van der Waals surface area contributed by atoms with Crippen molar-refractivity contribution in [2.45, 2.75) is 19.9 Å². The predicted molar refractivity (Wildman–Crippen MR) is 83.7 cm³/mol. The number of hydrogen-bond donors (Lipinski definition) is 1. The molecule has 1 aromatic carbocycles. The van der Waals surface area contributed by atoms with Crippen LogP contribution in [0.4, 0.5) is 5.69 Å². The third-order valence-corrected chi connectivity index (χ3v) is 3.82. The molecule has 1 aromatic heterocycles. The van der Waals surface area contributed by atoms with E-state index in [1.54, 1.807) is 6.20 Å². The van der Waals surface area contributed by atoms with Gasteiger partial charge in [0, 0.05) is 22.1 Å². The molecule has 0 saturated heterocycles. The molecule has 1 N–H and O–H groups in total. The number of rotatable bonds is 4. The van der Waals surface area contributed by atoms with E-state index in [-0.39, 0.29) is 17.9 Å². The molecule has 2 aromatic rings. The zero-order valence-electron chi connectivity index (χ0n) is 11.7. The summed E-state index contributed by atoms with van der Waals surface area (Å²) in [5.41, 5.74) is 1.80. The van der Waals surface area contributed by atoms with Crippen molar-refractivity contribution in [1.29, 1.82) is 0 Å². The number of para-hydroxylation sites is 1. The fourth-order valence-corrected chi connectivity index (χ4v) is 2.36. The highest BCUT2D eigenvalue weighted by atomic mass is 79.9. The number of methoxy groups -OCH3 is 1. The van der Waals surface area contributed by atoms with Crippen LogP contribution in [0.5, 0.6) is 0 Å². The molecule has 0 amide bonds. The first-order chi connectivity index (χ1) is 9.52. The second-order valence-electron chi connectivity index (χ2n) is 4.78. The summed E-state index contributed by atoms with van der Waals surface area (Å²) in [5.74, 6) is -0.452. The van der Waals surface area contributed by atoms with Crippen LogP contribution < -0.4 is 5.32 Å². The number of hydrogen-bond acceptors (Lipinski definition) is 4. The van der Waals surface area contributed by atoms with Crippen molar-refractivity contribution in [3.8, 4) is 0 Å². The monoisotopic (exact) mass is 336 g/mol. The largest absolute Gasteiger partial charge is 0.469 e. The maximum Gasteiger partial charge on any atom is 0.310 e. The number of pyridine rings is 1. The Bertz CT molecular complexity index is 630. The molecular weight excluding hydrogens is 320 g/mol. The summed E-state index contributed by atoms with van der Waals surface area (Å²) in [4.78, 5) is 16.0. The van der Waals surface area contributed by atoms with Crippen molar-refractivity contribution in [1.82, 2.24) is 4.98 Å². The maximum absolute atomic E-state index is 11.6. The number of benzene rings is 1. The molecule has 20 heavy (non-hydrogen) atoms. The molecule has 0 saturated carbocycles. The van der Waals surface area contributed by atoms with Crippen molar-refractivity contribution in [2.24, 2.45) is 5.92 Å². The minimum atomic E-state index is -0.231. The summed E-state index contributed by atoms with van der Waals surface area (Å²) in [6, 6.07) is 7.91. The fourth-order valence-electron chi connectivity index (χ4n) is 2.01. The van der Waals surface area contributed by atoms with Crippen LogP contribution in [0.2, 0.25) is 0 Å². The molecule has 4 nitrogen and oxygen atoms in total. The summed E-state index contributed by atoms with van der Waals surface area (Å²) in [6.07, 6.45) is 1.77. The molecular formula is C15H17BrN2O2. The maximum atomic E-state index is 11.6. The van der Waals surface area contributed by atoms with E-state index in [9.17, 15) is 4.79 Å². The molecule has 0 bridgehead atoms. The van der Waals surface area contributed by atoms with Crippen LogP contribution in [0.1, 0.15) is 13.8 Å². The second kappa shape index (κ2) is 6.22. The van der Waals surface area contributed by atoms with E-state index in [4.69, 9.17) is 4.74 Å². The van der Waals surface area contributed by atoms with Gasteiger partial charge in [-0.05, 0) is 41.9 Å². The Kier molecular flexibility index (Phi) is 4.60. The Labute approximate surface area is 126 Å². The van der Waals surface area contributed by atoms with Gasteiger partial charge < -0.3 is 10.1 Å². The number of esters is 1. The highest BCUT2D eigenvalue weighted by Gasteiger charge is 2.21. The van der Waals surface area contributed by atoms with E-state index in [0.717, 1.165) is 21.1 Å². The van der Waals surface area contributed by atoms with Gasteiger partial charge in [0.2, 0.25) is 0 Å². The van der Waals surface area contributed by atoms with Crippen LogP contribution >= 0.6 is 15.9 Å². The molecule has 1 heterocycles. The van der Waals surface area contributed by atoms with E-state index in [2.05, 4.69) is 26.2 Å². The zero-order valence-corrected chi connectivity index (χ0v) is 13.3. The van der Waals surface area contributed by atoms with E-state index in [1.807, 2.05) is 38.1 Å². The van der Waals surface area contributed by atoms with Crippen LogP contribution in [0.3, 0.4) is 0 Å². The molecule has 5 heteroatoms. The van der Waals surface area contributed by atoms with Crippen LogP contribution in [0.25, 0.3) is 10.9 Å². The summed E-state index contributed by atoms with van der Waals surface area (Å²) in [5, 5.41) is 4.38. The highest BCUT2D eigenvalue weighted by molar-refractivity contribution is 9.10. The number of nitrogens with zero attached hydrogens (tertiary/aromatic N) is 1. The Morgan fingerprint density at radius 1 is 1.40 bits per heavy atom. The lowest BCUT2D eigenvalue weighted by atomic mass is 10.0. The molecule has 0 aliphatic rings. The molecule has 0 aliphatic heterocycles. The average Bonchev–Trinajstić information content (AvgIpc) is 2.45. The lowest BCUT2D eigenvalue weighted by Gasteiger charge is -2.21. The molecule has 2 rings (SSSR count). The Morgan fingerprint density at radius 2 is 2.15 bits per heavy atom. The van der Waals surface area contributed by atoms with Gasteiger partial charge in [-0.15, -0.1) is 0 Å². The minimum Gasteiger partial charge on any atom is -0.469 e. The van der Waals surface area contributed by atoms with E-state index in [1.165, 1.54) is 7.11 Å². The summed E-state index contributed by atoms with van der Waals surface area (Å²) in [7, 11) is 1.41. The number of anilines is 1. The summed E-state index contributed by atoms with van der Waals surface area (Å²) >= 11 is 3.42. The van der Waals surface area contributed by atoms with Crippen molar-refractivity contribution in [3.05, 3.63) is 34.9 Å². The molecule has 2 atom stereocenters. The first-order valence-corrected chi connectivity index (χ1v) is 7.21. The Morgan fingerprint density at radius 3 is 2.85 bits per heavy atom. The smallest absolute Gasteiger partial charge is 0.310 e. The van der Waals surface area contributed by atoms with Crippen LogP contribution in [-0.4, -0.2) is 24.1 Å². The van der Waals surface area contributed by atoms with Gasteiger partial charge in [0.1, 0.15) is 0 Å². The van der Waals surface area contributed by atoms with Crippen molar-refractivity contribution in [2.75, 3.05) is 12.4 Å². The van der Waals surface area contributed by atoms with E-state index >= 15 is 0 Å². The quantitative estimate of drug-likeness (QED) is 0.866. The average molecular weight is 337 g/mol. The lowest BCUT2D eigenvalue weighted by Crippen LogP contribution is -2.30. The zero-order chi connectivity index (χ0) is 14.7. The second-order valence-corrected chi connectivity index (χ2v) is 5.69. The normalized spacial score (nSPS) is 13.8. The van der Waals surface area contributed by atoms with E-state index < -0.39 is 0 Å². The predicted octanol–water partition coefficient (Wildman–Crippen LogP) is 3.61. The number of halogens is 1. The molecule has 0 spiro atoms. The minimum absolute atomic E-state index is 0.0431. The van der Waals surface area contributed by atoms with Crippen molar-refractivity contribution in [3.63, 3.8) is 0 Å². The SMILES string of the molecule is COC(=O)C(C)C(C)Nc1cccc2cc(Br)cnc12. The van der Waals surface area contributed by atoms with Gasteiger partial charge >= 0.3 is 5.97 Å². The third kappa shape index (κ3) is 3.10. The molecule has 2 unspecified atom stereocenters. The molecule has 0 fully saturated rings. The van der Waals surface area contributed by atoms with Crippen molar-refractivity contribution >= 4 is 38.5 Å². The lowest BCUT2D eigenvalue weighted by molar-refractivity contribution is -0.145. The number of carbonyl (C=O) groups excluding carboxylic acids is 1. The molecule has 0 aliphatic carbocycles. The van der Waals surface area contributed by atoms with Gasteiger partial charge in [0.15, 0.2) is 0 Å². The standard InChI is InChI=1S/C15H17BrN2O2/c1-9(15(19)20-3)10(2)18-13-6-4-5-11-7-12(16)8-17-14(11)13/h4-10,18H,1-3H3. The first kappa shape index (κ1) is 14.8. The number of aromatic nitrogens is 1. The van der Waals surface area contributed by atoms with Gasteiger partial charge in [-0.25, -0.2) is 0 Å². The molecule has 0 radical (unpaired) electrons. The first-order valence-electron chi connectivity index (χ1n) is 6.41. The number of fused-ring (bicyclic) bond motifs is 1. The van der Waals surface area contributed by atoms with Gasteiger partial charge in [-0.3, -0.25) is 9.78 Å². The van der Waals surface area contributed by atoms with Crippen molar-refractivity contribution < 1.29 is 9.53 Å². The fraction of sp³-hybridized carbons (Fsp3) is 0.333. The van der Waals surface area contributed by atoms with Gasteiger partial charge in [-0.1, -0.05) is 12.1 Å². The van der Waals surface area contributed by atoms with Crippen LogP contribution in [0.15, 0.2) is 34.9 Å². The van der Waals surface area contributed by atoms with Gasteiger partial charge in [0.05, 0.1) is 24.2 Å². The molecule has 106 valence electrons. The number of ether oxygens (including phenoxy) is 1. The summed E-state index contributed by atoms with van der Waals surface area (Å²) in [6.45, 7) is 3.80. The summed E-state index contributed by atoms with van der Waals surface area (Å²) < 4.78 is 5.72. The van der Waals surface area contributed by atoms with Crippen LogP contribution in [-0.2, 0) is 9.53 Å². The van der Waals surface area contributed by atoms with Gasteiger partial charge in [-0.2, -0.15) is 0 Å².